The zero-order valence-corrected chi connectivity index (χ0v) is 28.0. The number of aryl methyl sites for hydroxylation is 1. The number of esters is 1. The Bertz CT molecular complexity index is 1380. The fourth-order valence-corrected chi connectivity index (χ4v) is 7.72. The molecule has 1 amide bonds. The van der Waals surface area contributed by atoms with Crippen molar-refractivity contribution in [2.45, 2.75) is 83.5 Å². The molecule has 0 heterocycles. The van der Waals surface area contributed by atoms with Gasteiger partial charge < -0.3 is 10.1 Å². The highest BCUT2D eigenvalue weighted by atomic mass is 32.2. The molecule has 2 aromatic carbocycles. The number of carbonyl (C=O) groups excluding carboxylic acids is 2. The van der Waals surface area contributed by atoms with E-state index in [0.717, 1.165) is 43.2 Å². The predicted molar refractivity (Wildman–Crippen MR) is 174 cm³/mol. The summed E-state index contributed by atoms with van der Waals surface area (Å²) in [6.45, 7) is 2.10. The van der Waals surface area contributed by atoms with E-state index in [0.29, 0.717) is 41.2 Å². The molecule has 0 saturated heterocycles. The van der Waals surface area contributed by atoms with Crippen LogP contribution in [0.1, 0.15) is 79.3 Å². The van der Waals surface area contributed by atoms with Crippen LogP contribution in [0.3, 0.4) is 0 Å². The summed E-state index contributed by atoms with van der Waals surface area (Å²) in [6.07, 6.45) is 2.25. The smallest absolute Gasteiger partial charge is 0.389 e. The van der Waals surface area contributed by atoms with Crippen LogP contribution in [0.4, 0.5) is 13.2 Å². The summed E-state index contributed by atoms with van der Waals surface area (Å²) in [4.78, 5) is 26.0. The van der Waals surface area contributed by atoms with Gasteiger partial charge in [0.1, 0.15) is 6.04 Å². The van der Waals surface area contributed by atoms with E-state index in [9.17, 15) is 31.2 Å². The number of benzene rings is 2. The van der Waals surface area contributed by atoms with Crippen LogP contribution in [-0.4, -0.2) is 68.2 Å². The fourth-order valence-electron chi connectivity index (χ4n) is 5.76. The van der Waals surface area contributed by atoms with Crippen LogP contribution in [0.5, 0.6) is 0 Å². The summed E-state index contributed by atoms with van der Waals surface area (Å²) in [5.41, 5.74) is 3.15. The number of sulfonamides is 1. The quantitative estimate of drug-likeness (QED) is 0.191. The third kappa shape index (κ3) is 11.6. The van der Waals surface area contributed by atoms with Gasteiger partial charge in [-0.2, -0.15) is 29.2 Å². The lowest BCUT2D eigenvalue weighted by Crippen LogP contribution is -2.42. The molecule has 0 aliphatic heterocycles. The Balaban J connectivity index is 1.95. The minimum absolute atomic E-state index is 0.0274. The highest BCUT2D eigenvalue weighted by Gasteiger charge is 2.30. The van der Waals surface area contributed by atoms with Crippen LogP contribution in [0.2, 0.25) is 0 Å². The molecule has 45 heavy (non-hydrogen) atoms. The zero-order chi connectivity index (χ0) is 33.0. The molecule has 1 atom stereocenters. The van der Waals surface area contributed by atoms with Crippen LogP contribution in [0.15, 0.2) is 42.5 Å². The first-order chi connectivity index (χ1) is 21.3. The second kappa shape index (κ2) is 17.4. The van der Waals surface area contributed by atoms with Crippen molar-refractivity contribution in [3.8, 4) is 11.1 Å². The Labute approximate surface area is 269 Å². The summed E-state index contributed by atoms with van der Waals surface area (Å²) in [5, 5.41) is 2.80. The molecule has 0 radical (unpaired) electrons. The topological polar surface area (TPSA) is 92.8 Å². The van der Waals surface area contributed by atoms with Crippen molar-refractivity contribution in [3.05, 3.63) is 59.2 Å². The number of nitrogens with one attached hydrogen (secondary N) is 1. The van der Waals surface area contributed by atoms with Crippen molar-refractivity contribution < 1.29 is 35.9 Å². The molecule has 3 rings (SSSR count). The molecule has 1 N–H and O–H groups in total. The van der Waals surface area contributed by atoms with Crippen LogP contribution in [-0.2, 0) is 26.1 Å². The molecule has 1 aliphatic rings. The van der Waals surface area contributed by atoms with Gasteiger partial charge in [-0.3, -0.25) is 4.79 Å². The van der Waals surface area contributed by atoms with E-state index in [2.05, 4.69) is 5.32 Å². The lowest BCUT2D eigenvalue weighted by molar-refractivity contribution is -0.143. The Hall–Kier alpha value is -2.57. The van der Waals surface area contributed by atoms with Crippen molar-refractivity contribution >= 4 is 33.7 Å². The molecule has 250 valence electrons. The molecule has 12 heteroatoms. The minimum Gasteiger partial charge on any atom is -0.467 e. The van der Waals surface area contributed by atoms with Gasteiger partial charge >= 0.3 is 12.1 Å². The molecule has 1 saturated carbocycles. The Kier molecular flexibility index (Phi) is 14.2. The number of nitrogens with zero attached hydrogens (tertiary/aromatic N) is 1. The van der Waals surface area contributed by atoms with Gasteiger partial charge in [-0.1, -0.05) is 62.4 Å². The van der Waals surface area contributed by atoms with Gasteiger partial charge in [0.2, 0.25) is 10.0 Å². The normalized spacial score (nSPS) is 15.2. The summed E-state index contributed by atoms with van der Waals surface area (Å²) < 4.78 is 71.6. The maximum atomic E-state index is 13.6. The number of halogens is 3. The van der Waals surface area contributed by atoms with Crippen molar-refractivity contribution in [1.29, 1.82) is 0 Å². The van der Waals surface area contributed by atoms with Gasteiger partial charge in [-0.05, 0) is 78.5 Å². The van der Waals surface area contributed by atoms with Crippen molar-refractivity contribution in [2.75, 3.05) is 31.4 Å². The number of carbonyl (C=O) groups is 2. The monoisotopic (exact) mass is 670 g/mol. The number of alkyl halides is 3. The summed E-state index contributed by atoms with van der Waals surface area (Å²) in [5.74, 6) is -0.583. The van der Waals surface area contributed by atoms with Crippen molar-refractivity contribution in [1.82, 2.24) is 9.62 Å². The Morgan fingerprint density at radius 1 is 1.09 bits per heavy atom. The van der Waals surface area contributed by atoms with Crippen LogP contribution < -0.4 is 5.32 Å². The molecule has 1 unspecified atom stereocenters. The molecule has 0 bridgehead atoms. The number of methoxy groups -OCH3 is 1. The number of rotatable bonds is 16. The maximum Gasteiger partial charge on any atom is 0.389 e. The Morgan fingerprint density at radius 3 is 2.44 bits per heavy atom. The SMILES string of the molecule is COC(=O)C(CCSC)NC(=O)c1ccc(CN(CCC2CCCCC2)S(=O)(=O)CCCC(F)(F)F)cc1-c1ccccc1C. The van der Waals surface area contributed by atoms with E-state index in [4.69, 9.17) is 4.74 Å². The van der Waals surface area contributed by atoms with E-state index >= 15 is 0 Å². The first-order valence-corrected chi connectivity index (χ1v) is 18.5. The predicted octanol–water partition coefficient (Wildman–Crippen LogP) is 7.13. The lowest BCUT2D eigenvalue weighted by Gasteiger charge is -2.27. The van der Waals surface area contributed by atoms with Crippen LogP contribution >= 0.6 is 11.8 Å². The second-order valence-corrected chi connectivity index (χ2v) is 14.8. The third-order valence-electron chi connectivity index (χ3n) is 8.29. The third-order valence-corrected chi connectivity index (χ3v) is 10.8. The van der Waals surface area contributed by atoms with Gasteiger partial charge in [0, 0.05) is 25.1 Å². The maximum absolute atomic E-state index is 13.6. The van der Waals surface area contributed by atoms with Gasteiger partial charge in [0.05, 0.1) is 12.9 Å². The highest BCUT2D eigenvalue weighted by molar-refractivity contribution is 7.98. The molecular formula is C33H45F3N2O5S2. The van der Waals surface area contributed by atoms with Gasteiger partial charge in [0.15, 0.2) is 0 Å². The first kappa shape index (κ1) is 36.9. The van der Waals surface area contributed by atoms with E-state index in [-0.39, 0.29) is 13.1 Å². The van der Waals surface area contributed by atoms with E-state index in [1.165, 1.54) is 11.4 Å². The summed E-state index contributed by atoms with van der Waals surface area (Å²) in [7, 11) is -2.72. The zero-order valence-electron chi connectivity index (χ0n) is 26.3. The first-order valence-electron chi connectivity index (χ1n) is 15.5. The largest absolute Gasteiger partial charge is 0.467 e. The number of ether oxygens (including phenoxy) is 1. The molecule has 0 spiro atoms. The molecule has 1 aliphatic carbocycles. The number of amides is 1. The molecule has 1 fully saturated rings. The van der Waals surface area contributed by atoms with Gasteiger partial charge in [0.25, 0.3) is 5.91 Å². The van der Waals surface area contributed by atoms with Crippen LogP contribution in [0, 0.1) is 12.8 Å². The standard InChI is InChI=1S/C33H45F3N2O5S2/c1-24-10-7-8-13-27(24)29-22-26(14-15-28(29)31(39)37-30(17-20-44-3)32(40)43-2)23-38(19-16-25-11-5-4-6-12-25)45(41,42)21-9-18-33(34,35)36/h7-8,10,13-15,22,25,30H,4-6,9,11-12,16-21,23H2,1-3H3,(H,37,39). The molecule has 7 nitrogen and oxygen atoms in total. The summed E-state index contributed by atoms with van der Waals surface area (Å²) >= 11 is 1.54. The van der Waals surface area contributed by atoms with E-state index in [1.807, 2.05) is 37.4 Å². The second-order valence-electron chi connectivity index (χ2n) is 11.7. The van der Waals surface area contributed by atoms with E-state index in [1.54, 1.807) is 30.0 Å². The lowest BCUT2D eigenvalue weighted by atomic mass is 9.87. The number of thioether (sulfide) groups is 1. The highest BCUT2D eigenvalue weighted by Crippen LogP contribution is 2.31. The van der Waals surface area contributed by atoms with Crippen molar-refractivity contribution in [2.24, 2.45) is 5.92 Å². The fraction of sp³-hybridized carbons (Fsp3) is 0.576. The average Bonchev–Trinajstić information content (AvgIpc) is 3.00. The summed E-state index contributed by atoms with van der Waals surface area (Å²) in [6, 6.07) is 11.7. The average molecular weight is 671 g/mol. The van der Waals surface area contributed by atoms with E-state index < -0.39 is 52.7 Å². The van der Waals surface area contributed by atoms with Gasteiger partial charge in [-0.15, -0.1) is 0 Å². The minimum atomic E-state index is -4.43. The molecular weight excluding hydrogens is 626 g/mol. The number of hydrogen-bond acceptors (Lipinski definition) is 6. The molecule has 2 aromatic rings. The van der Waals surface area contributed by atoms with Crippen molar-refractivity contribution in [3.63, 3.8) is 0 Å². The molecule has 0 aromatic heterocycles. The van der Waals surface area contributed by atoms with Crippen LogP contribution in [0.25, 0.3) is 11.1 Å². The van der Waals surface area contributed by atoms with Gasteiger partial charge in [-0.25, -0.2) is 13.2 Å². The number of hydrogen-bond donors (Lipinski definition) is 1. The Morgan fingerprint density at radius 2 is 1.80 bits per heavy atom.